The van der Waals surface area contributed by atoms with E-state index in [0.717, 1.165) is 6.42 Å². The lowest BCUT2D eigenvalue weighted by Crippen LogP contribution is -2.29. The molecule has 0 saturated carbocycles. The first kappa shape index (κ1) is 12.1. The Kier molecular flexibility index (Phi) is 4.24. The normalized spacial score (nSPS) is 15.3. The molecule has 15 heavy (non-hydrogen) atoms. The van der Waals surface area contributed by atoms with E-state index in [1.54, 1.807) is 12.1 Å². The van der Waals surface area contributed by atoms with Crippen molar-refractivity contribution in [2.45, 2.75) is 32.4 Å². The van der Waals surface area contributed by atoms with Crippen LogP contribution in [0.25, 0.3) is 0 Å². The maximum absolute atomic E-state index is 12.9. The Morgan fingerprint density at radius 1 is 1.40 bits per heavy atom. The Morgan fingerprint density at radius 3 is 2.60 bits per heavy atom. The lowest BCUT2D eigenvalue weighted by Gasteiger charge is -2.20. The van der Waals surface area contributed by atoms with Crippen molar-refractivity contribution >= 4 is 0 Å². The minimum atomic E-state index is -0.789. The van der Waals surface area contributed by atoms with Crippen LogP contribution in [0.1, 0.15) is 31.9 Å². The van der Waals surface area contributed by atoms with Gasteiger partial charge >= 0.3 is 0 Å². The van der Waals surface area contributed by atoms with E-state index in [1.807, 2.05) is 13.8 Å². The van der Waals surface area contributed by atoms with Crippen LogP contribution in [0.2, 0.25) is 0 Å². The summed E-state index contributed by atoms with van der Waals surface area (Å²) in [6.07, 6.45) is -0.0689. The van der Waals surface area contributed by atoms with Gasteiger partial charge in [0.15, 0.2) is 0 Å². The van der Waals surface area contributed by atoms with Crippen molar-refractivity contribution in [3.63, 3.8) is 0 Å². The molecule has 3 heteroatoms. The Bertz CT molecular complexity index is 314. The zero-order valence-electron chi connectivity index (χ0n) is 9.15. The molecule has 0 fully saturated rings. The number of benzene rings is 1. The van der Waals surface area contributed by atoms with E-state index in [1.165, 1.54) is 12.1 Å². The molecule has 0 amide bonds. The third-order valence-corrected chi connectivity index (χ3v) is 2.34. The first-order valence-electron chi connectivity index (χ1n) is 5.20. The van der Waals surface area contributed by atoms with Crippen LogP contribution in [0.15, 0.2) is 24.3 Å². The third kappa shape index (κ3) is 3.61. The standard InChI is InChI=1S/C12H18FNO/c1-8(2)6-11(14)12(15)9-4-3-5-10(13)7-9/h3-5,7-8,11-12,15H,6,14H2,1-2H3. The Hall–Kier alpha value is -0.930. The van der Waals surface area contributed by atoms with Gasteiger partial charge in [0.2, 0.25) is 0 Å². The molecule has 3 N–H and O–H groups in total. The monoisotopic (exact) mass is 211 g/mol. The number of hydrogen-bond acceptors (Lipinski definition) is 2. The summed E-state index contributed by atoms with van der Waals surface area (Å²) in [6.45, 7) is 4.08. The molecule has 2 unspecified atom stereocenters. The van der Waals surface area contributed by atoms with Gasteiger partial charge in [0, 0.05) is 6.04 Å². The number of halogens is 1. The quantitative estimate of drug-likeness (QED) is 0.802. The van der Waals surface area contributed by atoms with Gasteiger partial charge in [0.25, 0.3) is 0 Å². The van der Waals surface area contributed by atoms with E-state index < -0.39 is 6.10 Å². The molecular formula is C12H18FNO. The highest BCUT2D eigenvalue weighted by Gasteiger charge is 2.18. The molecule has 1 aromatic carbocycles. The minimum Gasteiger partial charge on any atom is -0.387 e. The second-order valence-corrected chi connectivity index (χ2v) is 4.29. The summed E-state index contributed by atoms with van der Waals surface area (Å²) in [7, 11) is 0. The molecule has 2 atom stereocenters. The first-order valence-corrected chi connectivity index (χ1v) is 5.20. The molecule has 0 heterocycles. The Labute approximate surface area is 89.9 Å². The molecule has 0 bridgehead atoms. The highest BCUT2D eigenvalue weighted by Crippen LogP contribution is 2.20. The van der Waals surface area contributed by atoms with Crippen LogP contribution in [-0.4, -0.2) is 11.1 Å². The average Bonchev–Trinajstić information content (AvgIpc) is 2.15. The van der Waals surface area contributed by atoms with Crippen LogP contribution in [0.5, 0.6) is 0 Å². The van der Waals surface area contributed by atoms with Gasteiger partial charge < -0.3 is 10.8 Å². The van der Waals surface area contributed by atoms with Crippen molar-refractivity contribution in [1.82, 2.24) is 0 Å². The van der Waals surface area contributed by atoms with E-state index in [2.05, 4.69) is 0 Å². The van der Waals surface area contributed by atoms with Gasteiger partial charge in [0.1, 0.15) is 5.82 Å². The van der Waals surface area contributed by atoms with Gasteiger partial charge in [-0.2, -0.15) is 0 Å². The molecule has 2 nitrogen and oxygen atoms in total. The zero-order chi connectivity index (χ0) is 11.4. The highest BCUT2D eigenvalue weighted by atomic mass is 19.1. The molecule has 0 spiro atoms. The predicted octanol–water partition coefficient (Wildman–Crippen LogP) is 2.23. The molecule has 1 aromatic rings. The second-order valence-electron chi connectivity index (χ2n) is 4.29. The summed E-state index contributed by atoms with van der Waals surface area (Å²) in [6, 6.07) is 5.60. The maximum Gasteiger partial charge on any atom is 0.123 e. The largest absolute Gasteiger partial charge is 0.387 e. The number of nitrogens with two attached hydrogens (primary N) is 1. The molecule has 0 aliphatic heterocycles. The van der Waals surface area contributed by atoms with Crippen LogP contribution in [0.4, 0.5) is 4.39 Å². The van der Waals surface area contributed by atoms with Crippen molar-refractivity contribution in [2.75, 3.05) is 0 Å². The van der Waals surface area contributed by atoms with Crippen LogP contribution in [0.3, 0.4) is 0 Å². The first-order chi connectivity index (χ1) is 7.00. The van der Waals surface area contributed by atoms with Crippen LogP contribution in [0, 0.1) is 11.7 Å². The topological polar surface area (TPSA) is 46.2 Å². The van der Waals surface area contributed by atoms with E-state index in [-0.39, 0.29) is 11.9 Å². The van der Waals surface area contributed by atoms with Gasteiger partial charge in [-0.3, -0.25) is 0 Å². The van der Waals surface area contributed by atoms with Gasteiger partial charge in [-0.05, 0) is 30.0 Å². The van der Waals surface area contributed by atoms with E-state index in [4.69, 9.17) is 5.73 Å². The number of rotatable bonds is 4. The molecule has 0 aromatic heterocycles. The van der Waals surface area contributed by atoms with Gasteiger partial charge in [0.05, 0.1) is 6.10 Å². The van der Waals surface area contributed by atoms with Crippen molar-refractivity contribution in [1.29, 1.82) is 0 Å². The fourth-order valence-electron chi connectivity index (χ4n) is 1.61. The Balaban J connectivity index is 2.71. The molecule has 0 aliphatic carbocycles. The van der Waals surface area contributed by atoms with E-state index in [0.29, 0.717) is 11.5 Å². The molecular weight excluding hydrogens is 193 g/mol. The average molecular weight is 211 g/mol. The summed E-state index contributed by atoms with van der Waals surface area (Å²) in [5.41, 5.74) is 6.37. The van der Waals surface area contributed by atoms with E-state index >= 15 is 0 Å². The predicted molar refractivity (Wildman–Crippen MR) is 58.8 cm³/mol. The summed E-state index contributed by atoms with van der Waals surface area (Å²) in [4.78, 5) is 0. The van der Waals surface area contributed by atoms with Crippen LogP contribution in [-0.2, 0) is 0 Å². The maximum atomic E-state index is 12.9. The summed E-state index contributed by atoms with van der Waals surface area (Å²) < 4.78 is 12.9. The van der Waals surface area contributed by atoms with Gasteiger partial charge in [-0.1, -0.05) is 26.0 Å². The van der Waals surface area contributed by atoms with Crippen molar-refractivity contribution in [2.24, 2.45) is 11.7 Å². The third-order valence-electron chi connectivity index (χ3n) is 2.34. The molecule has 84 valence electrons. The fourth-order valence-corrected chi connectivity index (χ4v) is 1.61. The minimum absolute atomic E-state index is 0.341. The fraction of sp³-hybridized carbons (Fsp3) is 0.500. The number of aliphatic hydroxyl groups is 1. The number of hydrogen-bond donors (Lipinski definition) is 2. The van der Waals surface area contributed by atoms with Crippen molar-refractivity contribution in [3.8, 4) is 0 Å². The van der Waals surface area contributed by atoms with Crippen molar-refractivity contribution < 1.29 is 9.50 Å². The smallest absolute Gasteiger partial charge is 0.123 e. The summed E-state index contributed by atoms with van der Waals surface area (Å²) >= 11 is 0. The Morgan fingerprint density at radius 2 is 2.07 bits per heavy atom. The molecule has 0 saturated heterocycles. The molecule has 1 rings (SSSR count). The highest BCUT2D eigenvalue weighted by molar-refractivity contribution is 5.20. The summed E-state index contributed by atoms with van der Waals surface area (Å²) in [5, 5.41) is 9.87. The molecule has 0 aliphatic rings. The molecule has 0 radical (unpaired) electrons. The van der Waals surface area contributed by atoms with Gasteiger partial charge in [-0.25, -0.2) is 4.39 Å². The SMILES string of the molecule is CC(C)CC(N)C(O)c1cccc(F)c1. The second kappa shape index (κ2) is 5.24. The van der Waals surface area contributed by atoms with Gasteiger partial charge in [-0.15, -0.1) is 0 Å². The number of aliphatic hydroxyl groups excluding tert-OH is 1. The van der Waals surface area contributed by atoms with Crippen molar-refractivity contribution in [3.05, 3.63) is 35.6 Å². The van der Waals surface area contributed by atoms with Crippen LogP contribution >= 0.6 is 0 Å². The lowest BCUT2D eigenvalue weighted by molar-refractivity contribution is 0.135. The van der Waals surface area contributed by atoms with E-state index in [9.17, 15) is 9.50 Å². The zero-order valence-corrected chi connectivity index (χ0v) is 9.15. The lowest BCUT2D eigenvalue weighted by atomic mass is 9.95. The van der Waals surface area contributed by atoms with Crippen LogP contribution < -0.4 is 5.73 Å². The summed E-state index contributed by atoms with van der Waals surface area (Å²) in [5.74, 6) is 0.0755.